The number of piperidine rings is 2. The average Bonchev–Trinajstić information content (AvgIpc) is 3.75. The van der Waals surface area contributed by atoms with Crippen molar-refractivity contribution in [2.75, 3.05) is 40.9 Å². The number of rotatable bonds is 8. The van der Waals surface area contributed by atoms with Gasteiger partial charge in [-0.1, -0.05) is 19.1 Å². The van der Waals surface area contributed by atoms with Gasteiger partial charge in [0.05, 0.1) is 37.4 Å². The van der Waals surface area contributed by atoms with Crippen LogP contribution in [-0.2, 0) is 36.1 Å². The molecule has 0 bridgehead atoms. The summed E-state index contributed by atoms with van der Waals surface area (Å²) in [5, 5.41) is 9.91. The third kappa shape index (κ3) is 5.96. The van der Waals surface area contributed by atoms with Crippen LogP contribution in [0, 0.1) is 5.92 Å². The largest absolute Gasteiger partial charge is 0.394 e. The van der Waals surface area contributed by atoms with Crippen LogP contribution in [0.3, 0.4) is 0 Å². The number of fused-ring (bicyclic) bond motifs is 2. The predicted molar refractivity (Wildman–Crippen MR) is 191 cm³/mol. The van der Waals surface area contributed by atoms with Crippen LogP contribution in [0.2, 0.25) is 18.6 Å². The first-order chi connectivity index (χ1) is 23.9. The molecule has 12 heteroatoms. The Morgan fingerprint density at radius 3 is 2.26 bits per heavy atom. The molecule has 4 saturated heterocycles. The number of carbonyl (C=O) groups excluding carboxylic acids is 4. The fourth-order valence-corrected chi connectivity index (χ4v) is 11.9. The second kappa shape index (κ2) is 13.5. The van der Waals surface area contributed by atoms with E-state index in [1.807, 2.05) is 49.4 Å². The number of aliphatic hydroxyl groups is 1. The molecule has 50 heavy (non-hydrogen) atoms. The van der Waals surface area contributed by atoms with Gasteiger partial charge in [-0.25, -0.2) is 0 Å². The summed E-state index contributed by atoms with van der Waals surface area (Å²) in [7, 11) is -3.53. The fourth-order valence-electron chi connectivity index (χ4n) is 9.37. The summed E-state index contributed by atoms with van der Waals surface area (Å²) in [5.41, 5.74) is 1.33. The third-order valence-corrected chi connectivity index (χ3v) is 14.2. The molecule has 4 fully saturated rings. The molecule has 1 spiro atoms. The lowest BCUT2D eigenvalue weighted by Crippen LogP contribution is -2.45. The average molecular weight is 705 g/mol. The van der Waals surface area contributed by atoms with Gasteiger partial charge < -0.3 is 33.6 Å². The minimum absolute atomic E-state index is 0.0265. The zero-order valence-electron chi connectivity index (χ0n) is 29.4. The van der Waals surface area contributed by atoms with E-state index in [-0.39, 0.29) is 49.2 Å². The van der Waals surface area contributed by atoms with Crippen LogP contribution in [0.15, 0.2) is 42.5 Å². The molecule has 5 atom stereocenters. The van der Waals surface area contributed by atoms with E-state index in [1.54, 1.807) is 32.7 Å². The van der Waals surface area contributed by atoms with Crippen molar-refractivity contribution in [2.45, 2.75) is 108 Å². The molecule has 0 radical (unpaired) electrons. The van der Waals surface area contributed by atoms with Crippen molar-refractivity contribution in [2.24, 2.45) is 5.92 Å². The zero-order valence-corrected chi connectivity index (χ0v) is 30.4. The van der Waals surface area contributed by atoms with Crippen molar-refractivity contribution in [3.8, 4) is 0 Å². The zero-order chi connectivity index (χ0) is 35.4. The molecule has 4 amide bonds. The van der Waals surface area contributed by atoms with E-state index >= 15 is 8.90 Å². The second-order valence-corrected chi connectivity index (χ2v) is 19.1. The molecule has 2 aromatic carbocycles. The lowest BCUT2D eigenvalue weighted by Gasteiger charge is -2.32. The van der Waals surface area contributed by atoms with E-state index in [0.29, 0.717) is 55.8 Å². The number of nitrogens with zero attached hydrogens (tertiary/aromatic N) is 4. The van der Waals surface area contributed by atoms with Gasteiger partial charge in [0.25, 0.3) is 5.91 Å². The first-order valence-corrected chi connectivity index (χ1v) is 21.3. The quantitative estimate of drug-likeness (QED) is 0.291. The summed E-state index contributed by atoms with van der Waals surface area (Å²) in [6.07, 6.45) is 5.09. The number of halogens is 1. The number of carbonyl (C=O) groups is 4. The highest BCUT2D eigenvalue weighted by Gasteiger charge is 2.67. The summed E-state index contributed by atoms with van der Waals surface area (Å²) in [6, 6.07) is 13.1. The number of anilines is 3. The van der Waals surface area contributed by atoms with E-state index in [1.165, 1.54) is 0 Å². The highest BCUT2D eigenvalue weighted by atomic mass is 28.4. The Hall–Kier alpha value is -3.61. The van der Waals surface area contributed by atoms with Crippen LogP contribution in [0.25, 0.3) is 0 Å². The fraction of sp³-hybridized carbons (Fsp3) is 0.579. The lowest BCUT2D eigenvalue weighted by molar-refractivity contribution is -0.150. The van der Waals surface area contributed by atoms with Gasteiger partial charge in [-0.3, -0.25) is 19.2 Å². The molecule has 0 unspecified atom stereocenters. The van der Waals surface area contributed by atoms with Gasteiger partial charge >= 0.3 is 0 Å². The maximum atomic E-state index is 16.5. The summed E-state index contributed by atoms with van der Waals surface area (Å²) in [4.78, 5) is 61.5. The van der Waals surface area contributed by atoms with Gasteiger partial charge in [0.15, 0.2) is 5.60 Å². The van der Waals surface area contributed by atoms with E-state index in [9.17, 15) is 19.5 Å². The smallest absolute Gasteiger partial charge is 0.264 e. The minimum atomic E-state index is -3.53. The topological polar surface area (TPSA) is 111 Å². The van der Waals surface area contributed by atoms with Crippen molar-refractivity contribution in [1.29, 1.82) is 0 Å². The molecule has 2 aromatic rings. The molecule has 0 saturated carbocycles. The second-order valence-electron chi connectivity index (χ2n) is 15.3. The number of ether oxygens (including phenoxy) is 1. The Balaban J connectivity index is 1.28. The van der Waals surface area contributed by atoms with Crippen molar-refractivity contribution >= 4 is 49.1 Å². The summed E-state index contributed by atoms with van der Waals surface area (Å²) < 4.78 is 23.4. The molecule has 1 N–H and O–H groups in total. The van der Waals surface area contributed by atoms with Gasteiger partial charge in [0, 0.05) is 60.9 Å². The maximum Gasteiger partial charge on any atom is 0.264 e. The maximum absolute atomic E-state index is 16.5. The van der Waals surface area contributed by atoms with Crippen LogP contribution in [-0.4, -0.2) is 80.4 Å². The number of aliphatic hydroxyl groups excluding tert-OH is 1. The molecule has 5 heterocycles. The molecular formula is C38H49FN4O6Si. The lowest BCUT2D eigenvalue weighted by atomic mass is 9.82. The van der Waals surface area contributed by atoms with Crippen LogP contribution in [0.5, 0.6) is 0 Å². The van der Waals surface area contributed by atoms with Crippen LogP contribution < -0.4 is 14.7 Å². The van der Waals surface area contributed by atoms with Crippen LogP contribution >= 0.6 is 0 Å². The number of likely N-dealkylation sites (tertiary alicyclic amines) is 1. The highest BCUT2D eigenvalue weighted by Crippen LogP contribution is 2.61. The Labute approximate surface area is 294 Å². The van der Waals surface area contributed by atoms with Gasteiger partial charge in [-0.15, -0.1) is 0 Å². The highest BCUT2D eigenvalue weighted by molar-refractivity contribution is 6.72. The third-order valence-electron chi connectivity index (χ3n) is 11.7. The summed E-state index contributed by atoms with van der Waals surface area (Å²) >= 11 is 0. The predicted octanol–water partition coefficient (Wildman–Crippen LogP) is 5.42. The first-order valence-electron chi connectivity index (χ1n) is 18.4. The monoisotopic (exact) mass is 704 g/mol. The van der Waals surface area contributed by atoms with Crippen molar-refractivity contribution in [1.82, 2.24) is 4.90 Å². The van der Waals surface area contributed by atoms with E-state index < -0.39 is 31.6 Å². The summed E-state index contributed by atoms with van der Waals surface area (Å²) in [6.45, 7) is 6.96. The molecular weight excluding hydrogens is 656 g/mol. The number of benzene rings is 2. The van der Waals surface area contributed by atoms with Gasteiger partial charge in [-0.2, -0.15) is 0 Å². The number of hydrogen-bond acceptors (Lipinski definition) is 6. The first kappa shape index (κ1) is 34.8. The Morgan fingerprint density at radius 2 is 1.62 bits per heavy atom. The van der Waals surface area contributed by atoms with Crippen LogP contribution in [0.1, 0.15) is 75.8 Å². The minimum Gasteiger partial charge on any atom is -0.394 e. The van der Waals surface area contributed by atoms with Gasteiger partial charge in [0.1, 0.15) is 0 Å². The van der Waals surface area contributed by atoms with E-state index in [0.717, 1.165) is 43.4 Å². The molecule has 0 aromatic heterocycles. The molecule has 10 nitrogen and oxygen atoms in total. The molecule has 5 aliphatic heterocycles. The standard InChI is InChI=1S/C38H49FN4O6Si/c1-25-36(50(2,3)39)32(22-35(47)42-19-9-12-29(42)24-44)49-38(25)30-21-28(41-18-7-5-14-34(41)46)15-16-31(30)43(37(38)48)23-26-10-8-11-27(20-26)40-17-6-4-13-33(40)45/h8,10-11,15-16,20-21,25,29,32,36,44H,4-7,9,12-14,17-19,22-24H2,1-3H3/t25-,29+,32+,36-,38+/m1/s1. The Kier molecular flexibility index (Phi) is 9.40. The van der Waals surface area contributed by atoms with E-state index in [4.69, 9.17) is 4.74 Å². The van der Waals surface area contributed by atoms with Crippen molar-refractivity contribution in [3.05, 3.63) is 53.6 Å². The SMILES string of the molecule is C[C@@H]1[C@@H]([Si](C)(C)F)[C@H](CC(=O)N2CCC[C@H]2CO)O[C@@]12C(=O)N(Cc1cccc(N3CCCCC3=O)c1)c1ccc(N3CCCCC3=O)cc12. The number of hydrogen-bond donors (Lipinski definition) is 1. The Bertz CT molecular complexity index is 1680. The molecule has 268 valence electrons. The Morgan fingerprint density at radius 1 is 0.940 bits per heavy atom. The molecule has 7 rings (SSSR count). The van der Waals surface area contributed by atoms with E-state index in [2.05, 4.69) is 0 Å². The van der Waals surface area contributed by atoms with Gasteiger partial charge in [-0.05, 0) is 87.5 Å². The number of amides is 4. The van der Waals surface area contributed by atoms with Crippen molar-refractivity contribution < 1.29 is 33.1 Å². The van der Waals surface area contributed by atoms with Crippen molar-refractivity contribution in [3.63, 3.8) is 0 Å². The van der Waals surface area contributed by atoms with Crippen LogP contribution in [0.4, 0.5) is 21.2 Å². The van der Waals surface area contributed by atoms with Gasteiger partial charge in [0.2, 0.25) is 26.1 Å². The summed E-state index contributed by atoms with van der Waals surface area (Å²) in [5.74, 6) is -0.988. The molecule has 5 aliphatic rings. The molecule has 0 aliphatic carbocycles. The normalized spacial score (nSPS) is 28.7.